The summed E-state index contributed by atoms with van der Waals surface area (Å²) in [4.78, 5) is 37.1. The number of nitrogen functional groups attached to an aromatic ring is 1. The van der Waals surface area contributed by atoms with E-state index in [0.717, 1.165) is 16.7 Å². The van der Waals surface area contributed by atoms with E-state index < -0.39 is 5.54 Å². The number of nitrogens with one attached hydrogen (secondary N) is 1. The Kier molecular flexibility index (Phi) is 5.88. The number of hydrogen-bond donors (Lipinski definition) is 2. The van der Waals surface area contributed by atoms with Gasteiger partial charge in [0, 0.05) is 34.6 Å². The molecule has 8 heteroatoms. The normalized spacial score (nSPS) is 13.1. The van der Waals surface area contributed by atoms with E-state index >= 15 is 0 Å². The molecular weight excluding hydrogens is 474 g/mol. The van der Waals surface area contributed by atoms with Gasteiger partial charge in [-0.05, 0) is 73.4 Å². The van der Waals surface area contributed by atoms with Crippen LogP contribution in [0.3, 0.4) is 0 Å². The molecule has 0 unspecified atom stereocenters. The molecule has 3 aromatic carbocycles. The van der Waals surface area contributed by atoms with Crippen molar-refractivity contribution in [3.63, 3.8) is 0 Å². The zero-order valence-corrected chi connectivity index (χ0v) is 21.1. The number of anilines is 1. The van der Waals surface area contributed by atoms with Crippen LogP contribution in [0.5, 0.6) is 0 Å². The highest BCUT2D eigenvalue weighted by molar-refractivity contribution is 6.31. The number of amides is 2. The lowest BCUT2D eigenvalue weighted by Crippen LogP contribution is -2.40. The van der Waals surface area contributed by atoms with Gasteiger partial charge in [0.1, 0.15) is 5.69 Å². The van der Waals surface area contributed by atoms with Crippen LogP contribution in [0.15, 0.2) is 60.7 Å². The van der Waals surface area contributed by atoms with Gasteiger partial charge in [-0.3, -0.25) is 9.59 Å². The van der Waals surface area contributed by atoms with Crippen molar-refractivity contribution < 1.29 is 9.59 Å². The SMILES string of the molecule is CC(C)(C)NC(=O)c1ccc(Cl)cc1-c1ccc2nc(N)nc(C(=O)N3Cc4ccccc4C3)c2c1. The van der Waals surface area contributed by atoms with Gasteiger partial charge in [0.05, 0.1) is 5.52 Å². The minimum atomic E-state index is -0.407. The fraction of sp³-hybridized carbons (Fsp3) is 0.214. The van der Waals surface area contributed by atoms with E-state index in [9.17, 15) is 9.59 Å². The highest BCUT2D eigenvalue weighted by Gasteiger charge is 2.27. The van der Waals surface area contributed by atoms with Gasteiger partial charge in [0.25, 0.3) is 11.8 Å². The second-order valence-electron chi connectivity index (χ2n) is 9.99. The summed E-state index contributed by atoms with van der Waals surface area (Å²) in [6.07, 6.45) is 0. The summed E-state index contributed by atoms with van der Waals surface area (Å²) >= 11 is 6.32. The predicted octanol–water partition coefficient (Wildman–Crippen LogP) is 5.22. The number of halogens is 1. The number of nitrogens with two attached hydrogens (primary N) is 1. The van der Waals surface area contributed by atoms with Gasteiger partial charge in [-0.1, -0.05) is 41.9 Å². The molecule has 0 atom stereocenters. The molecule has 0 spiro atoms. The summed E-state index contributed by atoms with van der Waals surface area (Å²) in [6, 6.07) is 18.6. The van der Waals surface area contributed by atoms with Gasteiger partial charge < -0.3 is 16.0 Å². The Labute approximate surface area is 214 Å². The molecule has 0 saturated heterocycles. The van der Waals surface area contributed by atoms with Crippen LogP contribution in [0, 0.1) is 0 Å². The third-order valence-corrected chi connectivity index (χ3v) is 6.30. The Bertz CT molecular complexity index is 1500. The number of fused-ring (bicyclic) bond motifs is 2. The number of rotatable bonds is 3. The van der Waals surface area contributed by atoms with Crippen LogP contribution in [0.2, 0.25) is 5.02 Å². The second kappa shape index (κ2) is 8.91. The first-order chi connectivity index (χ1) is 17.1. The van der Waals surface area contributed by atoms with Crippen LogP contribution in [-0.2, 0) is 13.1 Å². The Morgan fingerprint density at radius 2 is 1.67 bits per heavy atom. The molecule has 1 aliphatic heterocycles. The van der Waals surface area contributed by atoms with Crippen LogP contribution in [0.1, 0.15) is 52.7 Å². The number of carbonyl (C=O) groups excluding carboxylic acids is 2. The van der Waals surface area contributed by atoms with Crippen LogP contribution in [0.4, 0.5) is 5.95 Å². The van der Waals surface area contributed by atoms with E-state index in [1.54, 1.807) is 29.2 Å². The molecule has 1 aliphatic rings. The van der Waals surface area contributed by atoms with E-state index in [1.165, 1.54) is 0 Å². The van der Waals surface area contributed by atoms with Crippen molar-refractivity contribution in [1.82, 2.24) is 20.2 Å². The van der Waals surface area contributed by atoms with Gasteiger partial charge in [-0.2, -0.15) is 0 Å². The quantitative estimate of drug-likeness (QED) is 0.402. The Balaban J connectivity index is 1.59. The van der Waals surface area contributed by atoms with Gasteiger partial charge in [0.15, 0.2) is 0 Å². The first kappa shape index (κ1) is 23.8. The third kappa shape index (κ3) is 4.62. The van der Waals surface area contributed by atoms with Crippen molar-refractivity contribution in [3.8, 4) is 11.1 Å². The smallest absolute Gasteiger partial charge is 0.273 e. The van der Waals surface area contributed by atoms with E-state index in [-0.39, 0.29) is 23.5 Å². The summed E-state index contributed by atoms with van der Waals surface area (Å²) < 4.78 is 0. The zero-order valence-electron chi connectivity index (χ0n) is 20.3. The average molecular weight is 500 g/mol. The van der Waals surface area contributed by atoms with Crippen molar-refractivity contribution in [2.75, 3.05) is 5.73 Å². The largest absolute Gasteiger partial charge is 0.368 e. The molecule has 0 fully saturated rings. The van der Waals surface area contributed by atoms with Crippen molar-refractivity contribution in [2.45, 2.75) is 39.4 Å². The molecule has 2 heterocycles. The van der Waals surface area contributed by atoms with Crippen LogP contribution in [0.25, 0.3) is 22.0 Å². The first-order valence-corrected chi connectivity index (χ1v) is 12.0. The van der Waals surface area contributed by atoms with Gasteiger partial charge >= 0.3 is 0 Å². The van der Waals surface area contributed by atoms with E-state index in [2.05, 4.69) is 15.3 Å². The van der Waals surface area contributed by atoms with Gasteiger partial charge in [-0.15, -0.1) is 0 Å². The standard InChI is InChI=1S/C28H26ClN5O2/c1-28(2,3)33-25(35)20-10-9-19(29)13-21(20)16-8-11-23-22(12-16)24(32-27(30)31-23)26(36)34-14-17-6-4-5-7-18(17)15-34/h4-13H,14-15H2,1-3H3,(H,33,35)(H2,30,31,32). The average Bonchev–Trinajstić information content (AvgIpc) is 3.26. The number of benzene rings is 3. The number of carbonyl (C=O) groups is 2. The molecular formula is C28H26ClN5O2. The summed E-state index contributed by atoms with van der Waals surface area (Å²) in [5, 5.41) is 4.06. The number of nitrogens with zero attached hydrogens (tertiary/aromatic N) is 3. The molecule has 4 aromatic rings. The number of hydrogen-bond acceptors (Lipinski definition) is 5. The maximum atomic E-state index is 13.6. The maximum Gasteiger partial charge on any atom is 0.273 e. The lowest BCUT2D eigenvalue weighted by Gasteiger charge is -2.22. The first-order valence-electron chi connectivity index (χ1n) is 11.6. The Hall–Kier alpha value is -3.97. The van der Waals surface area contributed by atoms with Crippen LogP contribution >= 0.6 is 11.6 Å². The Morgan fingerprint density at radius 3 is 2.33 bits per heavy atom. The lowest BCUT2D eigenvalue weighted by atomic mass is 9.96. The van der Waals surface area contributed by atoms with Gasteiger partial charge in [-0.25, -0.2) is 9.97 Å². The van der Waals surface area contributed by atoms with E-state index in [4.69, 9.17) is 17.3 Å². The molecule has 0 radical (unpaired) electrons. The molecule has 2 amide bonds. The van der Waals surface area contributed by atoms with E-state index in [1.807, 2.05) is 57.2 Å². The minimum absolute atomic E-state index is 0.0308. The molecule has 182 valence electrons. The fourth-order valence-electron chi connectivity index (χ4n) is 4.46. The van der Waals surface area contributed by atoms with Crippen molar-refractivity contribution in [2.24, 2.45) is 0 Å². The van der Waals surface area contributed by atoms with Crippen molar-refractivity contribution in [1.29, 1.82) is 0 Å². The topological polar surface area (TPSA) is 101 Å². The fourth-order valence-corrected chi connectivity index (χ4v) is 4.64. The Morgan fingerprint density at radius 1 is 0.972 bits per heavy atom. The molecule has 0 bridgehead atoms. The molecule has 7 nitrogen and oxygen atoms in total. The summed E-state index contributed by atoms with van der Waals surface area (Å²) in [6.45, 7) is 6.78. The number of aromatic nitrogens is 2. The molecule has 0 aliphatic carbocycles. The third-order valence-electron chi connectivity index (χ3n) is 6.07. The van der Waals surface area contributed by atoms with Crippen LogP contribution in [-0.4, -0.2) is 32.2 Å². The highest BCUT2D eigenvalue weighted by Crippen LogP contribution is 2.32. The molecule has 1 aromatic heterocycles. The van der Waals surface area contributed by atoms with E-state index in [0.29, 0.717) is 40.1 Å². The molecule has 5 rings (SSSR count). The lowest BCUT2D eigenvalue weighted by molar-refractivity contribution is 0.0747. The molecule has 3 N–H and O–H groups in total. The maximum absolute atomic E-state index is 13.6. The zero-order chi connectivity index (χ0) is 25.6. The monoisotopic (exact) mass is 499 g/mol. The highest BCUT2D eigenvalue weighted by atomic mass is 35.5. The van der Waals surface area contributed by atoms with Crippen molar-refractivity contribution in [3.05, 3.63) is 88.1 Å². The summed E-state index contributed by atoms with van der Waals surface area (Å²) in [7, 11) is 0. The van der Waals surface area contributed by atoms with Crippen LogP contribution < -0.4 is 11.1 Å². The second-order valence-corrected chi connectivity index (χ2v) is 10.4. The van der Waals surface area contributed by atoms with Gasteiger partial charge in [0.2, 0.25) is 5.95 Å². The summed E-state index contributed by atoms with van der Waals surface area (Å²) in [5.41, 5.74) is 10.4. The minimum Gasteiger partial charge on any atom is -0.368 e. The summed E-state index contributed by atoms with van der Waals surface area (Å²) in [5.74, 6) is -0.406. The predicted molar refractivity (Wildman–Crippen MR) is 142 cm³/mol. The molecule has 0 saturated carbocycles. The molecule has 36 heavy (non-hydrogen) atoms. The van der Waals surface area contributed by atoms with Crippen molar-refractivity contribution >= 4 is 40.3 Å².